The van der Waals surface area contributed by atoms with Crippen LogP contribution >= 0.6 is 0 Å². The molecule has 1 fully saturated rings. The van der Waals surface area contributed by atoms with E-state index >= 15 is 0 Å². The number of carbonyl (C=O) groups excluding carboxylic acids is 1. The lowest BCUT2D eigenvalue weighted by Crippen LogP contribution is -2.48. The van der Waals surface area contributed by atoms with Gasteiger partial charge in [0.25, 0.3) is 0 Å². The summed E-state index contributed by atoms with van der Waals surface area (Å²) in [5.41, 5.74) is 0. The third kappa shape index (κ3) is 3.46. The predicted octanol–water partition coefficient (Wildman–Crippen LogP) is 1.59. The fraction of sp³-hybridized carbons (Fsp3) is 0.667. The van der Waals surface area contributed by atoms with Crippen molar-refractivity contribution in [1.29, 1.82) is 0 Å². The molecule has 0 aliphatic carbocycles. The van der Waals surface area contributed by atoms with Gasteiger partial charge in [0.2, 0.25) is 0 Å². The van der Waals surface area contributed by atoms with E-state index in [0.29, 0.717) is 11.6 Å². The van der Waals surface area contributed by atoms with E-state index in [1.807, 2.05) is 0 Å². The maximum atomic E-state index is 11.8. The topological polar surface area (TPSA) is 70.4 Å². The van der Waals surface area contributed by atoms with Crippen molar-refractivity contribution >= 4 is 11.8 Å². The van der Waals surface area contributed by atoms with Crippen LogP contribution in [0.4, 0.5) is 10.6 Å². The molecule has 6 heteroatoms. The molecule has 100 valence electrons. The fourth-order valence-electron chi connectivity index (χ4n) is 2.22. The molecular formula is C12H20N4O2. The SMILES string of the molecule is CCN1CCCC(NC(=O)Nc2cc(C)on2)C1. The molecule has 6 nitrogen and oxygen atoms in total. The Morgan fingerprint density at radius 1 is 1.67 bits per heavy atom. The highest BCUT2D eigenvalue weighted by molar-refractivity contribution is 5.88. The maximum absolute atomic E-state index is 11.8. The number of aryl methyl sites for hydroxylation is 1. The Balaban J connectivity index is 1.80. The lowest BCUT2D eigenvalue weighted by atomic mass is 10.1. The Labute approximate surface area is 107 Å². The van der Waals surface area contributed by atoms with Crippen LogP contribution in [0.1, 0.15) is 25.5 Å². The van der Waals surface area contributed by atoms with Crippen molar-refractivity contribution in [1.82, 2.24) is 15.4 Å². The number of hydrogen-bond donors (Lipinski definition) is 2. The van der Waals surface area contributed by atoms with Gasteiger partial charge in [-0.05, 0) is 32.9 Å². The van der Waals surface area contributed by atoms with Gasteiger partial charge in [-0.15, -0.1) is 0 Å². The van der Waals surface area contributed by atoms with Gasteiger partial charge in [-0.25, -0.2) is 4.79 Å². The molecule has 1 aliphatic rings. The minimum Gasteiger partial charge on any atom is -0.360 e. The van der Waals surface area contributed by atoms with Crippen molar-refractivity contribution in [3.05, 3.63) is 11.8 Å². The van der Waals surface area contributed by atoms with Gasteiger partial charge in [0.05, 0.1) is 0 Å². The minimum absolute atomic E-state index is 0.215. The highest BCUT2D eigenvalue weighted by Gasteiger charge is 2.20. The van der Waals surface area contributed by atoms with Gasteiger partial charge < -0.3 is 14.7 Å². The zero-order valence-corrected chi connectivity index (χ0v) is 10.9. The fourth-order valence-corrected chi connectivity index (χ4v) is 2.22. The standard InChI is InChI=1S/C12H20N4O2/c1-3-16-6-4-5-10(8-16)13-12(17)14-11-7-9(2)18-15-11/h7,10H,3-6,8H2,1-2H3,(H2,13,14,15,17). The summed E-state index contributed by atoms with van der Waals surface area (Å²) in [6.45, 7) is 7.00. The van der Waals surface area contributed by atoms with Crippen LogP contribution in [0, 0.1) is 6.92 Å². The Hall–Kier alpha value is -1.56. The summed E-state index contributed by atoms with van der Waals surface area (Å²) < 4.78 is 4.89. The highest BCUT2D eigenvalue weighted by Crippen LogP contribution is 2.10. The number of likely N-dealkylation sites (N-methyl/N-ethyl adjacent to an activating group) is 1. The van der Waals surface area contributed by atoms with E-state index in [0.717, 1.165) is 32.5 Å². The molecule has 1 aliphatic heterocycles. The Morgan fingerprint density at radius 3 is 3.17 bits per heavy atom. The van der Waals surface area contributed by atoms with Gasteiger partial charge in [0.1, 0.15) is 5.76 Å². The van der Waals surface area contributed by atoms with Gasteiger partial charge in [-0.2, -0.15) is 0 Å². The maximum Gasteiger partial charge on any atom is 0.320 e. The normalized spacial score (nSPS) is 20.7. The summed E-state index contributed by atoms with van der Waals surface area (Å²) in [5, 5.41) is 9.36. The molecular weight excluding hydrogens is 232 g/mol. The van der Waals surface area contributed by atoms with Gasteiger partial charge in [-0.1, -0.05) is 12.1 Å². The van der Waals surface area contributed by atoms with Crippen LogP contribution in [-0.2, 0) is 0 Å². The Bertz CT molecular complexity index is 405. The van der Waals surface area contributed by atoms with Crippen molar-refractivity contribution in [2.24, 2.45) is 0 Å². The molecule has 2 heterocycles. The zero-order chi connectivity index (χ0) is 13.0. The van der Waals surface area contributed by atoms with E-state index in [2.05, 4.69) is 27.6 Å². The molecule has 0 spiro atoms. The Kier molecular flexibility index (Phi) is 4.19. The number of rotatable bonds is 3. The second-order valence-corrected chi connectivity index (χ2v) is 4.65. The van der Waals surface area contributed by atoms with E-state index in [9.17, 15) is 4.79 Å². The van der Waals surface area contributed by atoms with Crippen molar-refractivity contribution in [2.45, 2.75) is 32.7 Å². The number of carbonyl (C=O) groups is 1. The molecule has 18 heavy (non-hydrogen) atoms. The third-order valence-electron chi connectivity index (χ3n) is 3.16. The molecule has 0 saturated carbocycles. The molecule has 2 N–H and O–H groups in total. The minimum atomic E-state index is -0.216. The first-order chi connectivity index (χ1) is 8.67. The molecule has 2 amide bonds. The van der Waals surface area contributed by atoms with Crippen LogP contribution in [0.15, 0.2) is 10.6 Å². The molecule has 0 bridgehead atoms. The van der Waals surface area contributed by atoms with Crippen molar-refractivity contribution in [3.63, 3.8) is 0 Å². The van der Waals surface area contributed by atoms with Crippen LogP contribution < -0.4 is 10.6 Å². The van der Waals surface area contributed by atoms with Crippen molar-refractivity contribution in [3.8, 4) is 0 Å². The summed E-state index contributed by atoms with van der Waals surface area (Å²) in [6.07, 6.45) is 2.16. The second-order valence-electron chi connectivity index (χ2n) is 4.65. The predicted molar refractivity (Wildman–Crippen MR) is 68.5 cm³/mol. The van der Waals surface area contributed by atoms with Gasteiger partial charge in [0.15, 0.2) is 5.82 Å². The first kappa shape index (κ1) is 12.9. The number of urea groups is 1. The van der Waals surface area contributed by atoms with Crippen LogP contribution in [0.25, 0.3) is 0 Å². The number of nitrogens with zero attached hydrogens (tertiary/aromatic N) is 2. The van der Waals surface area contributed by atoms with Crippen LogP contribution in [0.2, 0.25) is 0 Å². The van der Waals surface area contributed by atoms with E-state index in [-0.39, 0.29) is 12.1 Å². The number of likely N-dealkylation sites (tertiary alicyclic amines) is 1. The first-order valence-corrected chi connectivity index (χ1v) is 6.40. The molecule has 2 rings (SSSR count). The van der Waals surface area contributed by atoms with E-state index in [1.54, 1.807) is 13.0 Å². The van der Waals surface area contributed by atoms with Crippen LogP contribution in [0.3, 0.4) is 0 Å². The quantitative estimate of drug-likeness (QED) is 0.857. The molecule has 1 aromatic heterocycles. The van der Waals surface area contributed by atoms with Crippen LogP contribution in [-0.4, -0.2) is 41.8 Å². The summed E-state index contributed by atoms with van der Waals surface area (Å²) >= 11 is 0. The summed E-state index contributed by atoms with van der Waals surface area (Å²) in [7, 11) is 0. The smallest absolute Gasteiger partial charge is 0.320 e. The number of amides is 2. The lowest BCUT2D eigenvalue weighted by Gasteiger charge is -2.32. The number of anilines is 1. The number of hydrogen-bond acceptors (Lipinski definition) is 4. The molecule has 1 aromatic rings. The molecule has 1 atom stereocenters. The summed E-state index contributed by atoms with van der Waals surface area (Å²) in [4.78, 5) is 14.1. The average Bonchev–Trinajstić information content (AvgIpc) is 2.74. The van der Waals surface area contributed by atoms with Crippen LogP contribution in [0.5, 0.6) is 0 Å². The summed E-state index contributed by atoms with van der Waals surface area (Å²) in [5.74, 6) is 1.13. The largest absolute Gasteiger partial charge is 0.360 e. The van der Waals surface area contributed by atoms with Gasteiger partial charge in [-0.3, -0.25) is 5.32 Å². The van der Waals surface area contributed by atoms with E-state index < -0.39 is 0 Å². The monoisotopic (exact) mass is 252 g/mol. The average molecular weight is 252 g/mol. The number of piperidine rings is 1. The van der Waals surface area contributed by atoms with Gasteiger partial charge >= 0.3 is 6.03 Å². The highest BCUT2D eigenvalue weighted by atomic mass is 16.5. The molecule has 0 radical (unpaired) electrons. The molecule has 1 unspecified atom stereocenters. The molecule has 1 saturated heterocycles. The Morgan fingerprint density at radius 2 is 2.50 bits per heavy atom. The molecule has 0 aromatic carbocycles. The second kappa shape index (κ2) is 5.86. The van der Waals surface area contributed by atoms with Crippen molar-refractivity contribution < 1.29 is 9.32 Å². The summed E-state index contributed by atoms with van der Waals surface area (Å²) in [6, 6.07) is 1.69. The van der Waals surface area contributed by atoms with E-state index in [1.165, 1.54) is 0 Å². The number of nitrogens with one attached hydrogen (secondary N) is 2. The van der Waals surface area contributed by atoms with Gasteiger partial charge in [0, 0.05) is 18.7 Å². The third-order valence-corrected chi connectivity index (χ3v) is 3.16. The zero-order valence-electron chi connectivity index (χ0n) is 10.9. The van der Waals surface area contributed by atoms with E-state index in [4.69, 9.17) is 4.52 Å². The van der Waals surface area contributed by atoms with Crippen molar-refractivity contribution in [2.75, 3.05) is 25.0 Å². The number of aromatic nitrogens is 1. The first-order valence-electron chi connectivity index (χ1n) is 6.40. The lowest BCUT2D eigenvalue weighted by molar-refractivity contribution is 0.196.